The Hall–Kier alpha value is -2.00. The molecule has 0 saturated heterocycles. The molecule has 0 saturated carbocycles. The van der Waals surface area contributed by atoms with Crippen molar-refractivity contribution in [2.75, 3.05) is 13.7 Å². The third-order valence-corrected chi connectivity index (χ3v) is 3.36. The molecule has 1 unspecified atom stereocenters. The normalized spacial score (nSPS) is 13.6. The molecule has 3 nitrogen and oxygen atoms in total. The van der Waals surface area contributed by atoms with Crippen LogP contribution in [0.4, 0.5) is 0 Å². The largest absolute Gasteiger partial charge is 0.497 e. The van der Waals surface area contributed by atoms with E-state index < -0.39 is 5.60 Å². The maximum Gasteiger partial charge on any atom is 0.125 e. The van der Waals surface area contributed by atoms with E-state index in [0.717, 1.165) is 16.9 Å². The van der Waals surface area contributed by atoms with Crippen LogP contribution >= 0.6 is 0 Å². The molecular weight excluding hydrogens is 252 g/mol. The first-order valence-corrected chi connectivity index (χ1v) is 6.68. The lowest BCUT2D eigenvalue weighted by atomic mass is 9.87. The van der Waals surface area contributed by atoms with E-state index in [-0.39, 0.29) is 0 Å². The molecule has 0 bridgehead atoms. The van der Waals surface area contributed by atoms with E-state index in [4.69, 9.17) is 9.47 Å². The van der Waals surface area contributed by atoms with Crippen molar-refractivity contribution in [3.05, 3.63) is 59.7 Å². The zero-order valence-corrected chi connectivity index (χ0v) is 12.1. The van der Waals surface area contributed by atoms with Gasteiger partial charge >= 0.3 is 0 Å². The van der Waals surface area contributed by atoms with Gasteiger partial charge in [0.2, 0.25) is 0 Å². The van der Waals surface area contributed by atoms with Crippen molar-refractivity contribution >= 4 is 0 Å². The second-order valence-electron chi connectivity index (χ2n) is 4.73. The fourth-order valence-electron chi connectivity index (χ4n) is 2.22. The number of ether oxygens (including phenoxy) is 2. The van der Waals surface area contributed by atoms with Crippen molar-refractivity contribution in [2.45, 2.75) is 19.4 Å². The molecular formula is C17H20O3. The van der Waals surface area contributed by atoms with E-state index in [1.807, 2.05) is 55.5 Å². The molecule has 0 aliphatic heterocycles. The number of hydrogen-bond acceptors (Lipinski definition) is 3. The molecule has 2 aromatic carbocycles. The molecule has 0 amide bonds. The summed E-state index contributed by atoms with van der Waals surface area (Å²) in [5, 5.41) is 10.9. The van der Waals surface area contributed by atoms with Gasteiger partial charge in [0, 0.05) is 5.56 Å². The molecule has 0 heterocycles. The Morgan fingerprint density at radius 2 is 1.70 bits per heavy atom. The van der Waals surface area contributed by atoms with Gasteiger partial charge in [0.1, 0.15) is 17.1 Å². The highest BCUT2D eigenvalue weighted by Gasteiger charge is 2.28. The van der Waals surface area contributed by atoms with E-state index in [9.17, 15) is 5.11 Å². The van der Waals surface area contributed by atoms with Gasteiger partial charge in [0.25, 0.3) is 0 Å². The standard InChI is InChI=1S/C17H20O3/c1-4-20-16-8-6-5-7-15(16)17(2,18)13-9-11-14(19-3)12-10-13/h5-12,18H,4H2,1-3H3. The minimum Gasteiger partial charge on any atom is -0.497 e. The summed E-state index contributed by atoms with van der Waals surface area (Å²) >= 11 is 0. The summed E-state index contributed by atoms with van der Waals surface area (Å²) in [7, 11) is 1.62. The molecule has 106 valence electrons. The van der Waals surface area contributed by atoms with Crippen LogP contribution in [0.1, 0.15) is 25.0 Å². The Morgan fingerprint density at radius 3 is 2.30 bits per heavy atom. The number of hydrogen-bond donors (Lipinski definition) is 1. The molecule has 2 aromatic rings. The number of para-hydroxylation sites is 1. The molecule has 0 radical (unpaired) electrons. The quantitative estimate of drug-likeness (QED) is 0.907. The number of rotatable bonds is 5. The van der Waals surface area contributed by atoms with Crippen LogP contribution in [0.2, 0.25) is 0 Å². The maximum atomic E-state index is 10.9. The molecule has 2 rings (SSSR count). The zero-order chi connectivity index (χ0) is 14.6. The lowest BCUT2D eigenvalue weighted by molar-refractivity contribution is 0.0980. The van der Waals surface area contributed by atoms with Gasteiger partial charge in [0.05, 0.1) is 13.7 Å². The van der Waals surface area contributed by atoms with Gasteiger partial charge in [-0.25, -0.2) is 0 Å². The predicted molar refractivity (Wildman–Crippen MR) is 79.3 cm³/mol. The number of methoxy groups -OCH3 is 1. The van der Waals surface area contributed by atoms with Crippen LogP contribution in [0.25, 0.3) is 0 Å². The van der Waals surface area contributed by atoms with Gasteiger partial charge in [-0.1, -0.05) is 30.3 Å². The first-order valence-electron chi connectivity index (χ1n) is 6.68. The van der Waals surface area contributed by atoms with Crippen LogP contribution in [0.5, 0.6) is 11.5 Å². The van der Waals surface area contributed by atoms with Crippen molar-refractivity contribution in [2.24, 2.45) is 0 Å². The SMILES string of the molecule is CCOc1ccccc1C(C)(O)c1ccc(OC)cc1. The third-order valence-electron chi connectivity index (χ3n) is 3.36. The van der Waals surface area contributed by atoms with Gasteiger partial charge in [-0.2, -0.15) is 0 Å². The molecule has 0 spiro atoms. The van der Waals surface area contributed by atoms with Crippen molar-refractivity contribution in [1.82, 2.24) is 0 Å². The smallest absolute Gasteiger partial charge is 0.125 e. The molecule has 0 aromatic heterocycles. The molecule has 3 heteroatoms. The highest BCUT2D eigenvalue weighted by Crippen LogP contribution is 2.35. The summed E-state index contributed by atoms with van der Waals surface area (Å²) in [6.07, 6.45) is 0. The van der Waals surface area contributed by atoms with E-state index in [1.54, 1.807) is 14.0 Å². The van der Waals surface area contributed by atoms with Crippen molar-refractivity contribution in [1.29, 1.82) is 0 Å². The summed E-state index contributed by atoms with van der Waals surface area (Å²) in [4.78, 5) is 0. The summed E-state index contributed by atoms with van der Waals surface area (Å²) in [6.45, 7) is 4.27. The van der Waals surface area contributed by atoms with Crippen LogP contribution in [-0.2, 0) is 5.60 Å². The average molecular weight is 272 g/mol. The highest BCUT2D eigenvalue weighted by molar-refractivity contribution is 5.45. The highest BCUT2D eigenvalue weighted by atomic mass is 16.5. The second-order valence-corrected chi connectivity index (χ2v) is 4.73. The summed E-state index contributed by atoms with van der Waals surface area (Å²) < 4.78 is 10.7. The molecule has 1 atom stereocenters. The Morgan fingerprint density at radius 1 is 1.05 bits per heavy atom. The zero-order valence-electron chi connectivity index (χ0n) is 12.1. The van der Waals surface area contributed by atoms with Gasteiger partial charge in [-0.05, 0) is 37.6 Å². The average Bonchev–Trinajstić information content (AvgIpc) is 2.48. The molecule has 0 fully saturated rings. The Labute approximate surface area is 119 Å². The molecule has 0 aliphatic rings. The van der Waals surface area contributed by atoms with Gasteiger partial charge in [-0.3, -0.25) is 0 Å². The fraction of sp³-hybridized carbons (Fsp3) is 0.294. The predicted octanol–water partition coefficient (Wildman–Crippen LogP) is 3.35. The third kappa shape index (κ3) is 2.78. The first-order chi connectivity index (χ1) is 9.59. The van der Waals surface area contributed by atoms with Crippen molar-refractivity contribution < 1.29 is 14.6 Å². The lowest BCUT2D eigenvalue weighted by Gasteiger charge is -2.26. The van der Waals surface area contributed by atoms with Crippen LogP contribution in [0.15, 0.2) is 48.5 Å². The first kappa shape index (κ1) is 14.4. The monoisotopic (exact) mass is 272 g/mol. The number of aliphatic hydroxyl groups is 1. The van der Waals surface area contributed by atoms with E-state index in [0.29, 0.717) is 12.4 Å². The van der Waals surface area contributed by atoms with E-state index >= 15 is 0 Å². The Bertz CT molecular complexity index is 559. The van der Waals surface area contributed by atoms with Gasteiger partial charge in [0.15, 0.2) is 0 Å². The van der Waals surface area contributed by atoms with Crippen LogP contribution in [0.3, 0.4) is 0 Å². The van der Waals surface area contributed by atoms with E-state index in [2.05, 4.69) is 0 Å². The Kier molecular flexibility index (Phi) is 4.30. The maximum absolute atomic E-state index is 10.9. The van der Waals surface area contributed by atoms with Crippen molar-refractivity contribution in [3.63, 3.8) is 0 Å². The van der Waals surface area contributed by atoms with Gasteiger partial charge in [-0.15, -0.1) is 0 Å². The van der Waals surface area contributed by atoms with Gasteiger partial charge < -0.3 is 14.6 Å². The van der Waals surface area contributed by atoms with E-state index in [1.165, 1.54) is 0 Å². The van der Waals surface area contributed by atoms with Crippen LogP contribution in [-0.4, -0.2) is 18.8 Å². The molecule has 1 N–H and O–H groups in total. The van der Waals surface area contributed by atoms with Crippen LogP contribution in [0, 0.1) is 0 Å². The minimum atomic E-state index is -1.11. The molecule has 0 aliphatic carbocycles. The summed E-state index contributed by atoms with van der Waals surface area (Å²) in [5.41, 5.74) is 0.440. The topological polar surface area (TPSA) is 38.7 Å². The summed E-state index contributed by atoms with van der Waals surface area (Å²) in [5.74, 6) is 1.47. The minimum absolute atomic E-state index is 0.565. The van der Waals surface area contributed by atoms with Crippen LogP contribution < -0.4 is 9.47 Å². The second kappa shape index (κ2) is 5.97. The molecule has 20 heavy (non-hydrogen) atoms. The fourth-order valence-corrected chi connectivity index (χ4v) is 2.22. The summed E-state index contributed by atoms with van der Waals surface area (Å²) in [6, 6.07) is 15.0. The van der Waals surface area contributed by atoms with Crippen molar-refractivity contribution in [3.8, 4) is 11.5 Å². The lowest BCUT2D eigenvalue weighted by Crippen LogP contribution is -2.23. The number of benzene rings is 2. The Balaban J connectivity index is 2.42.